The lowest BCUT2D eigenvalue weighted by Gasteiger charge is -2.35. The highest BCUT2D eigenvalue weighted by molar-refractivity contribution is 6.24. The van der Waals surface area contributed by atoms with Crippen LogP contribution in [0.2, 0.25) is 0 Å². The molecule has 1 amide bonds. The molecule has 40 heavy (non-hydrogen) atoms. The van der Waals surface area contributed by atoms with Crippen LogP contribution in [0.1, 0.15) is 35.7 Å². The van der Waals surface area contributed by atoms with Crippen LogP contribution in [-0.4, -0.2) is 56.6 Å². The number of aryl methyl sites for hydroxylation is 1. The van der Waals surface area contributed by atoms with Gasteiger partial charge in [-0.1, -0.05) is 24.3 Å². The van der Waals surface area contributed by atoms with Crippen LogP contribution in [0, 0.1) is 0 Å². The molecule has 0 saturated carbocycles. The van der Waals surface area contributed by atoms with Crippen molar-refractivity contribution >= 4 is 29.8 Å². The van der Waals surface area contributed by atoms with Gasteiger partial charge in [0.15, 0.2) is 0 Å². The molecule has 0 spiro atoms. The highest BCUT2D eigenvalue weighted by Crippen LogP contribution is 2.34. The maximum absolute atomic E-state index is 13.5. The van der Waals surface area contributed by atoms with Crippen LogP contribution >= 0.6 is 11.6 Å². The Bertz CT molecular complexity index is 1580. The van der Waals surface area contributed by atoms with Gasteiger partial charge in [0.2, 0.25) is 0 Å². The van der Waals surface area contributed by atoms with Gasteiger partial charge >= 0.3 is 6.09 Å². The minimum absolute atomic E-state index is 0.0376. The highest BCUT2D eigenvalue weighted by atomic mass is 35.5. The molecule has 6 rings (SSSR count). The summed E-state index contributed by atoms with van der Waals surface area (Å²) < 4.78 is 17.0. The molecule has 1 N–H and O–H groups in total. The van der Waals surface area contributed by atoms with Gasteiger partial charge in [-0.05, 0) is 60.4 Å². The Hall–Kier alpha value is -4.24. The third-order valence-corrected chi connectivity index (χ3v) is 7.53. The zero-order valence-corrected chi connectivity index (χ0v) is 22.9. The van der Waals surface area contributed by atoms with Crippen molar-refractivity contribution < 1.29 is 19.0 Å². The van der Waals surface area contributed by atoms with Gasteiger partial charge in [0, 0.05) is 29.2 Å². The Morgan fingerprint density at radius 1 is 1.05 bits per heavy atom. The molecule has 2 atom stereocenters. The Kier molecular flexibility index (Phi) is 7.46. The maximum atomic E-state index is 13.5. The average molecular weight is 560 g/mol. The van der Waals surface area contributed by atoms with Gasteiger partial charge in [-0.25, -0.2) is 4.79 Å². The van der Waals surface area contributed by atoms with Gasteiger partial charge in [0.05, 0.1) is 38.0 Å². The highest BCUT2D eigenvalue weighted by Gasteiger charge is 2.35. The van der Waals surface area contributed by atoms with Crippen molar-refractivity contribution in [3.63, 3.8) is 0 Å². The number of methoxy groups -OCH3 is 1. The molecule has 1 aliphatic heterocycles. The van der Waals surface area contributed by atoms with Crippen molar-refractivity contribution in [1.82, 2.24) is 24.9 Å². The van der Waals surface area contributed by atoms with Gasteiger partial charge in [-0.2, -0.15) is 15.0 Å². The number of ether oxygens (including phenoxy) is 3. The Labute approximate surface area is 236 Å². The van der Waals surface area contributed by atoms with E-state index < -0.39 is 6.09 Å². The Morgan fingerprint density at radius 2 is 1.77 bits per heavy atom. The monoisotopic (exact) mass is 559 g/mol. The van der Waals surface area contributed by atoms with Crippen molar-refractivity contribution in [2.45, 2.75) is 37.2 Å². The molecule has 2 aliphatic rings. The number of benzene rings is 2. The van der Waals surface area contributed by atoms with Crippen molar-refractivity contribution in [3.05, 3.63) is 88.3 Å². The van der Waals surface area contributed by atoms with E-state index in [0.29, 0.717) is 37.6 Å². The van der Waals surface area contributed by atoms with E-state index >= 15 is 0 Å². The van der Waals surface area contributed by atoms with Crippen LogP contribution in [0.5, 0.6) is 17.2 Å². The molecule has 2 unspecified atom stereocenters. The molecule has 3 heterocycles. The second kappa shape index (κ2) is 11.5. The third kappa shape index (κ3) is 5.42. The molecule has 0 bridgehead atoms. The first kappa shape index (κ1) is 26.0. The summed E-state index contributed by atoms with van der Waals surface area (Å²) >= 11 is 6.47. The zero-order valence-electron chi connectivity index (χ0n) is 22.1. The predicted octanol–water partition coefficient (Wildman–Crippen LogP) is 3.80. The minimum atomic E-state index is -0.413. The summed E-state index contributed by atoms with van der Waals surface area (Å²) in [6.45, 7) is 1.75. The van der Waals surface area contributed by atoms with Crippen LogP contribution in [0.3, 0.4) is 0 Å². The van der Waals surface area contributed by atoms with Gasteiger partial charge < -0.3 is 19.2 Å². The first-order chi connectivity index (χ1) is 19.6. The quantitative estimate of drug-likeness (QED) is 0.261. The number of carbonyl (C=O) groups excluding carboxylic acids is 1. The first-order valence-electron chi connectivity index (χ1n) is 13.4. The van der Waals surface area contributed by atoms with E-state index in [1.54, 1.807) is 53.5 Å². The largest absolute Gasteiger partial charge is 0.497 e. The second-order valence-corrected chi connectivity index (χ2v) is 10.3. The molecule has 206 valence electrons. The summed E-state index contributed by atoms with van der Waals surface area (Å²) in [6.07, 6.45) is 9.43. The number of hydrogen-bond donors (Lipinski definition) is 1. The molecule has 2 aromatic heterocycles. The lowest BCUT2D eigenvalue weighted by Crippen LogP contribution is -2.43. The average Bonchev–Trinajstić information content (AvgIpc) is 3.63. The summed E-state index contributed by atoms with van der Waals surface area (Å²) in [5, 5.41) is 10.4. The second-order valence-electron chi connectivity index (χ2n) is 9.75. The minimum Gasteiger partial charge on any atom is -0.497 e. The first-order valence-corrected chi connectivity index (χ1v) is 13.8. The van der Waals surface area contributed by atoms with Gasteiger partial charge in [-0.15, -0.1) is 11.6 Å². The van der Waals surface area contributed by atoms with E-state index in [1.807, 2.05) is 24.3 Å². The normalized spacial score (nSPS) is 17.7. The number of nitrogens with one attached hydrogen (secondary N) is 1. The van der Waals surface area contributed by atoms with E-state index in [-0.39, 0.29) is 11.4 Å². The van der Waals surface area contributed by atoms with Gasteiger partial charge in [0.1, 0.15) is 23.3 Å². The number of fused-ring (bicyclic) bond motifs is 3. The Morgan fingerprint density at radius 3 is 2.52 bits per heavy atom. The fraction of sp³-hybridized carbons (Fsp3) is 0.300. The van der Waals surface area contributed by atoms with Crippen molar-refractivity contribution in [1.29, 1.82) is 0 Å². The molecule has 10 heteroatoms. The number of nitrogens with zero attached hydrogens (tertiary/aromatic N) is 4. The van der Waals surface area contributed by atoms with Crippen molar-refractivity contribution in [3.8, 4) is 17.2 Å². The summed E-state index contributed by atoms with van der Waals surface area (Å²) in [4.78, 5) is 20.6. The number of carbonyl (C=O) groups is 1. The summed E-state index contributed by atoms with van der Waals surface area (Å²) in [6, 6.07) is 14.6. The molecule has 0 fully saturated rings. The lowest BCUT2D eigenvalue weighted by molar-refractivity contribution is 0.135. The SMILES string of the molecule is COc1ccc(OC(=O)N2CCc3c([nH]c4c3=CC(Cl)CC=4)C2c2ccc(OCCCn3nccn3)cc2)cc1. The number of H-pyrrole nitrogens is 1. The van der Waals surface area contributed by atoms with Crippen LogP contribution in [0.4, 0.5) is 4.79 Å². The van der Waals surface area contributed by atoms with Crippen molar-refractivity contribution in [2.24, 2.45) is 0 Å². The smallest absolute Gasteiger partial charge is 0.416 e. The standard InChI is InChI=1S/C30H30ClN5O4/c1-38-22-8-10-24(11-9-22)40-30(37)35-17-13-25-26-19-21(31)5-12-27(26)34-28(25)29(35)20-3-6-23(7-4-20)39-18-2-16-36-32-14-15-33-36/h3-4,6-12,14-15,19,21,29,34H,2,5,13,16-18H2,1H3. The van der Waals surface area contributed by atoms with Crippen LogP contribution < -0.4 is 24.8 Å². The molecular formula is C30H30ClN5O4. The zero-order chi connectivity index (χ0) is 27.5. The topological polar surface area (TPSA) is 94.5 Å². The third-order valence-electron chi connectivity index (χ3n) is 7.22. The van der Waals surface area contributed by atoms with E-state index in [1.165, 1.54) is 5.56 Å². The fourth-order valence-corrected chi connectivity index (χ4v) is 5.51. The summed E-state index contributed by atoms with van der Waals surface area (Å²) in [7, 11) is 1.60. The number of amides is 1. The number of hydrogen-bond acceptors (Lipinski definition) is 6. The number of rotatable bonds is 8. The van der Waals surface area contributed by atoms with Crippen molar-refractivity contribution in [2.75, 3.05) is 20.3 Å². The Balaban J connectivity index is 1.25. The van der Waals surface area contributed by atoms with Crippen LogP contribution in [0.25, 0.3) is 12.2 Å². The molecule has 0 radical (unpaired) electrons. The number of alkyl halides is 1. The maximum Gasteiger partial charge on any atom is 0.416 e. The van der Waals surface area contributed by atoms with E-state index in [2.05, 4.69) is 27.3 Å². The molecule has 9 nitrogen and oxygen atoms in total. The molecule has 2 aromatic carbocycles. The summed E-state index contributed by atoms with van der Waals surface area (Å²) in [5.74, 6) is 1.92. The van der Waals surface area contributed by atoms with Crippen LogP contribution in [0.15, 0.2) is 60.9 Å². The molecule has 0 saturated heterocycles. The fourth-order valence-electron chi connectivity index (χ4n) is 5.29. The molecule has 1 aliphatic carbocycles. The molecule has 4 aromatic rings. The lowest BCUT2D eigenvalue weighted by atomic mass is 9.92. The molecular weight excluding hydrogens is 530 g/mol. The van der Waals surface area contributed by atoms with Gasteiger partial charge in [-0.3, -0.25) is 4.90 Å². The van der Waals surface area contributed by atoms with Crippen LogP contribution in [-0.2, 0) is 13.0 Å². The van der Waals surface area contributed by atoms with E-state index in [4.69, 9.17) is 25.8 Å². The number of aromatic amines is 1. The predicted molar refractivity (Wildman–Crippen MR) is 151 cm³/mol. The summed E-state index contributed by atoms with van der Waals surface area (Å²) in [5.41, 5.74) is 3.14. The van der Waals surface area contributed by atoms with E-state index in [0.717, 1.165) is 40.4 Å². The van der Waals surface area contributed by atoms with E-state index in [9.17, 15) is 4.79 Å². The number of aromatic nitrogens is 4. The van der Waals surface area contributed by atoms with Gasteiger partial charge in [0.25, 0.3) is 0 Å². The number of halogens is 1.